The maximum Gasteiger partial charge on any atom is 0.271 e. The first-order valence-electron chi connectivity index (χ1n) is 8.63. The van der Waals surface area contributed by atoms with Crippen molar-refractivity contribution >= 4 is 45.0 Å². The van der Waals surface area contributed by atoms with Gasteiger partial charge in [0.1, 0.15) is 11.6 Å². The highest BCUT2D eigenvalue weighted by molar-refractivity contribution is 7.13. The molecule has 2 amide bonds. The molecule has 1 aliphatic carbocycles. The van der Waals surface area contributed by atoms with Crippen LogP contribution in [0.4, 0.5) is 0 Å². The molecule has 25 heavy (non-hydrogen) atoms. The van der Waals surface area contributed by atoms with E-state index in [1.807, 2.05) is 24.3 Å². The van der Waals surface area contributed by atoms with E-state index in [4.69, 9.17) is 11.6 Å². The third kappa shape index (κ3) is 4.30. The number of hydrogen-bond acceptors (Lipinski definition) is 4. The number of amides is 2. The van der Waals surface area contributed by atoms with E-state index in [2.05, 4.69) is 15.0 Å². The summed E-state index contributed by atoms with van der Waals surface area (Å²) in [4.78, 5) is 24.5. The molecule has 1 heterocycles. The minimum absolute atomic E-state index is 0.0631. The zero-order valence-corrected chi connectivity index (χ0v) is 15.6. The number of carbonyl (C=O) groups is 2. The third-order valence-electron chi connectivity index (χ3n) is 4.77. The number of hydrogen-bond donors (Lipinski definition) is 2. The predicted octanol–water partition coefficient (Wildman–Crippen LogP) is 3.47. The van der Waals surface area contributed by atoms with E-state index in [0.29, 0.717) is 12.2 Å². The van der Waals surface area contributed by atoms with Crippen molar-refractivity contribution in [3.8, 4) is 0 Å². The van der Waals surface area contributed by atoms with Gasteiger partial charge in [0, 0.05) is 11.9 Å². The molecule has 2 aromatic rings. The van der Waals surface area contributed by atoms with Crippen LogP contribution < -0.4 is 10.6 Å². The van der Waals surface area contributed by atoms with Crippen molar-refractivity contribution < 1.29 is 9.59 Å². The number of alkyl halides is 1. The lowest BCUT2D eigenvalue weighted by molar-refractivity contribution is -0.120. The number of rotatable bonds is 5. The molecular weight excluding hydrogens is 358 g/mol. The van der Waals surface area contributed by atoms with Crippen molar-refractivity contribution in [2.24, 2.45) is 0 Å². The Kier molecular flexibility index (Phi) is 5.91. The fourth-order valence-electron chi connectivity index (χ4n) is 3.46. The molecule has 2 N–H and O–H groups in total. The van der Waals surface area contributed by atoms with Crippen molar-refractivity contribution in [1.29, 1.82) is 0 Å². The summed E-state index contributed by atoms with van der Waals surface area (Å²) in [5, 5.41) is 6.91. The van der Waals surface area contributed by atoms with E-state index in [1.54, 1.807) is 0 Å². The number of fused-ring (bicyclic) bond motifs is 1. The van der Waals surface area contributed by atoms with Crippen LogP contribution in [0.2, 0.25) is 0 Å². The number of benzene rings is 1. The highest BCUT2D eigenvalue weighted by atomic mass is 35.5. The summed E-state index contributed by atoms with van der Waals surface area (Å²) in [5.74, 6) is -0.440. The summed E-state index contributed by atoms with van der Waals surface area (Å²) >= 11 is 7.00. The van der Waals surface area contributed by atoms with Crippen molar-refractivity contribution in [2.75, 3.05) is 12.4 Å². The lowest BCUT2D eigenvalue weighted by Gasteiger charge is -2.34. The third-order valence-corrected chi connectivity index (χ3v) is 5.84. The van der Waals surface area contributed by atoms with Gasteiger partial charge in [0.2, 0.25) is 5.91 Å². The molecule has 1 aromatic carbocycles. The van der Waals surface area contributed by atoms with Crippen LogP contribution in [0.1, 0.15) is 49.0 Å². The highest BCUT2D eigenvalue weighted by Crippen LogP contribution is 2.27. The zero-order valence-electron chi connectivity index (χ0n) is 14.0. The second kappa shape index (κ2) is 8.15. The molecule has 3 rings (SSSR count). The topological polar surface area (TPSA) is 71.1 Å². The lowest BCUT2D eigenvalue weighted by Crippen LogP contribution is -2.55. The van der Waals surface area contributed by atoms with Gasteiger partial charge in [-0.05, 0) is 30.4 Å². The normalized spacial score (nSPS) is 17.0. The van der Waals surface area contributed by atoms with E-state index in [1.165, 1.54) is 11.5 Å². The van der Waals surface area contributed by atoms with Gasteiger partial charge in [-0.2, -0.15) is 4.37 Å². The molecule has 0 aliphatic heterocycles. The van der Waals surface area contributed by atoms with Crippen LogP contribution in [0.3, 0.4) is 0 Å². The van der Waals surface area contributed by atoms with E-state index < -0.39 is 5.54 Å². The standard InChI is InChI=1S/C18H22ClN3O2S/c19-11-15(23)21-18(9-5-1-2-6-10-18)12-20-17(24)16-13-7-3-4-8-14(13)25-22-16/h3-4,7-8H,1-2,5-6,9-12H2,(H,20,24)(H,21,23). The quantitative estimate of drug-likeness (QED) is 0.617. The Labute approximate surface area is 156 Å². The molecule has 1 fully saturated rings. The largest absolute Gasteiger partial charge is 0.348 e. The first kappa shape index (κ1) is 18.1. The Hall–Kier alpha value is -1.66. The number of nitrogens with zero attached hydrogens (tertiary/aromatic N) is 1. The minimum Gasteiger partial charge on any atom is -0.348 e. The minimum atomic E-state index is -0.413. The van der Waals surface area contributed by atoms with Gasteiger partial charge in [-0.15, -0.1) is 11.6 Å². The second-order valence-corrected chi connectivity index (χ2v) is 7.66. The van der Waals surface area contributed by atoms with Gasteiger partial charge in [-0.1, -0.05) is 43.9 Å². The van der Waals surface area contributed by atoms with Crippen LogP contribution in [0.5, 0.6) is 0 Å². The molecule has 0 radical (unpaired) electrons. The monoisotopic (exact) mass is 379 g/mol. The van der Waals surface area contributed by atoms with E-state index >= 15 is 0 Å². The first-order chi connectivity index (χ1) is 12.1. The Bertz CT molecular complexity index is 754. The van der Waals surface area contributed by atoms with Gasteiger partial charge in [0.05, 0.1) is 10.2 Å². The maximum absolute atomic E-state index is 12.6. The molecule has 5 nitrogen and oxygen atoms in total. The zero-order chi connectivity index (χ0) is 17.7. The van der Waals surface area contributed by atoms with Crippen LogP contribution in [-0.2, 0) is 4.79 Å². The Morgan fingerprint density at radius 3 is 2.60 bits per heavy atom. The highest BCUT2D eigenvalue weighted by Gasteiger charge is 2.33. The molecule has 7 heteroatoms. The number of carbonyl (C=O) groups excluding carboxylic acids is 2. The first-order valence-corrected chi connectivity index (χ1v) is 9.94. The average Bonchev–Trinajstić information content (AvgIpc) is 2.93. The van der Waals surface area contributed by atoms with Crippen LogP contribution in [0, 0.1) is 0 Å². The van der Waals surface area contributed by atoms with Crippen molar-refractivity contribution in [2.45, 2.75) is 44.1 Å². The molecule has 134 valence electrons. The Morgan fingerprint density at radius 2 is 1.88 bits per heavy atom. The fourth-order valence-corrected chi connectivity index (χ4v) is 4.30. The van der Waals surface area contributed by atoms with Gasteiger partial charge in [0.15, 0.2) is 0 Å². The molecule has 0 atom stereocenters. The van der Waals surface area contributed by atoms with Crippen LogP contribution >= 0.6 is 23.1 Å². The summed E-state index contributed by atoms with van der Waals surface area (Å²) in [5.41, 5.74) is 0.0392. The molecule has 1 saturated carbocycles. The summed E-state index contributed by atoms with van der Waals surface area (Å²) < 4.78 is 5.29. The van der Waals surface area contributed by atoms with Crippen LogP contribution in [-0.4, -0.2) is 34.2 Å². The molecule has 0 spiro atoms. The summed E-state index contributed by atoms with van der Waals surface area (Å²) in [6, 6.07) is 7.70. The van der Waals surface area contributed by atoms with E-state index in [0.717, 1.165) is 48.6 Å². The summed E-state index contributed by atoms with van der Waals surface area (Å²) in [6.07, 6.45) is 6.10. The predicted molar refractivity (Wildman–Crippen MR) is 101 cm³/mol. The number of halogens is 1. The Morgan fingerprint density at radius 1 is 1.16 bits per heavy atom. The maximum atomic E-state index is 12.6. The molecule has 0 saturated heterocycles. The smallest absolute Gasteiger partial charge is 0.271 e. The number of nitrogens with one attached hydrogen (secondary N) is 2. The molecule has 1 aliphatic rings. The molecule has 1 aromatic heterocycles. The van der Waals surface area contributed by atoms with Gasteiger partial charge in [-0.3, -0.25) is 9.59 Å². The average molecular weight is 380 g/mol. The SMILES string of the molecule is O=C(CCl)NC1(CNC(=O)c2nsc3ccccc23)CCCCCC1. The van der Waals surface area contributed by atoms with Crippen molar-refractivity contribution in [3.05, 3.63) is 30.0 Å². The lowest BCUT2D eigenvalue weighted by atomic mass is 9.89. The van der Waals surface area contributed by atoms with Crippen molar-refractivity contribution in [3.63, 3.8) is 0 Å². The van der Waals surface area contributed by atoms with Gasteiger partial charge >= 0.3 is 0 Å². The molecular formula is C18H22ClN3O2S. The van der Waals surface area contributed by atoms with E-state index in [9.17, 15) is 9.59 Å². The fraction of sp³-hybridized carbons (Fsp3) is 0.500. The molecule has 0 unspecified atom stereocenters. The van der Waals surface area contributed by atoms with Gasteiger partial charge in [-0.25, -0.2) is 0 Å². The van der Waals surface area contributed by atoms with Crippen LogP contribution in [0.25, 0.3) is 10.1 Å². The van der Waals surface area contributed by atoms with Gasteiger partial charge in [0.25, 0.3) is 5.91 Å². The Balaban J connectivity index is 1.73. The summed E-state index contributed by atoms with van der Waals surface area (Å²) in [7, 11) is 0. The van der Waals surface area contributed by atoms with E-state index in [-0.39, 0.29) is 17.7 Å². The van der Waals surface area contributed by atoms with Crippen LogP contribution in [0.15, 0.2) is 24.3 Å². The van der Waals surface area contributed by atoms with Crippen molar-refractivity contribution in [1.82, 2.24) is 15.0 Å². The van der Waals surface area contributed by atoms with Gasteiger partial charge < -0.3 is 10.6 Å². The number of aromatic nitrogens is 1. The summed E-state index contributed by atoms with van der Waals surface area (Å²) in [6.45, 7) is 0.403. The second-order valence-electron chi connectivity index (χ2n) is 6.59. The molecule has 0 bridgehead atoms.